The van der Waals surface area contributed by atoms with Crippen LogP contribution in [0.5, 0.6) is 11.5 Å². The SMILES string of the molecule is COc1ccc(OC)c(CN(CCO)C(C)C)c1. The maximum absolute atomic E-state index is 9.09. The van der Waals surface area contributed by atoms with E-state index in [2.05, 4.69) is 18.7 Å². The lowest BCUT2D eigenvalue weighted by Crippen LogP contribution is -2.33. The number of nitrogens with zero attached hydrogens (tertiary/aromatic N) is 1. The van der Waals surface area contributed by atoms with Crippen LogP contribution in [-0.4, -0.2) is 43.4 Å². The van der Waals surface area contributed by atoms with Crippen molar-refractivity contribution in [2.24, 2.45) is 0 Å². The molecule has 0 aromatic heterocycles. The average Bonchev–Trinajstić information content (AvgIpc) is 2.37. The van der Waals surface area contributed by atoms with Crippen molar-refractivity contribution >= 4 is 0 Å². The van der Waals surface area contributed by atoms with Gasteiger partial charge in [0.2, 0.25) is 0 Å². The quantitative estimate of drug-likeness (QED) is 0.806. The molecular formula is C14H23NO3. The van der Waals surface area contributed by atoms with Crippen molar-refractivity contribution in [2.75, 3.05) is 27.4 Å². The van der Waals surface area contributed by atoms with Crippen LogP contribution >= 0.6 is 0 Å². The topological polar surface area (TPSA) is 41.9 Å². The third-order valence-corrected chi connectivity index (χ3v) is 2.98. The van der Waals surface area contributed by atoms with Gasteiger partial charge in [-0.1, -0.05) is 0 Å². The second-order valence-electron chi connectivity index (χ2n) is 4.47. The highest BCUT2D eigenvalue weighted by Gasteiger charge is 2.13. The van der Waals surface area contributed by atoms with Crippen LogP contribution in [0.4, 0.5) is 0 Å². The molecular weight excluding hydrogens is 230 g/mol. The van der Waals surface area contributed by atoms with E-state index >= 15 is 0 Å². The van der Waals surface area contributed by atoms with Gasteiger partial charge in [0.25, 0.3) is 0 Å². The first-order chi connectivity index (χ1) is 8.62. The normalized spacial score (nSPS) is 11.1. The molecule has 0 heterocycles. The third kappa shape index (κ3) is 3.89. The van der Waals surface area contributed by atoms with Crippen LogP contribution < -0.4 is 9.47 Å². The van der Waals surface area contributed by atoms with Gasteiger partial charge in [0.05, 0.1) is 20.8 Å². The van der Waals surface area contributed by atoms with Crippen molar-refractivity contribution in [1.82, 2.24) is 4.90 Å². The van der Waals surface area contributed by atoms with E-state index in [9.17, 15) is 0 Å². The highest BCUT2D eigenvalue weighted by atomic mass is 16.5. The van der Waals surface area contributed by atoms with E-state index in [1.807, 2.05) is 18.2 Å². The van der Waals surface area contributed by atoms with Gasteiger partial charge < -0.3 is 14.6 Å². The molecule has 0 atom stereocenters. The Kier molecular flexibility index (Phi) is 5.95. The molecule has 1 N–H and O–H groups in total. The Morgan fingerprint density at radius 2 is 1.94 bits per heavy atom. The number of aliphatic hydroxyl groups is 1. The molecule has 4 nitrogen and oxygen atoms in total. The second-order valence-corrected chi connectivity index (χ2v) is 4.47. The monoisotopic (exact) mass is 253 g/mol. The molecule has 1 rings (SSSR count). The molecule has 0 saturated heterocycles. The van der Waals surface area contributed by atoms with Crippen LogP contribution in [0.2, 0.25) is 0 Å². The van der Waals surface area contributed by atoms with Crippen molar-refractivity contribution < 1.29 is 14.6 Å². The highest BCUT2D eigenvalue weighted by Crippen LogP contribution is 2.25. The van der Waals surface area contributed by atoms with Crippen LogP contribution in [0.3, 0.4) is 0 Å². The number of aliphatic hydroxyl groups excluding tert-OH is 1. The Morgan fingerprint density at radius 1 is 1.22 bits per heavy atom. The molecule has 4 heteroatoms. The molecule has 0 spiro atoms. The predicted molar refractivity (Wildman–Crippen MR) is 72.2 cm³/mol. The molecule has 0 saturated carbocycles. The summed E-state index contributed by atoms with van der Waals surface area (Å²) in [5, 5.41) is 9.09. The van der Waals surface area contributed by atoms with Crippen molar-refractivity contribution in [3.05, 3.63) is 23.8 Å². The predicted octanol–water partition coefficient (Wildman–Crippen LogP) is 1.91. The summed E-state index contributed by atoms with van der Waals surface area (Å²) in [5.41, 5.74) is 1.07. The van der Waals surface area contributed by atoms with Crippen molar-refractivity contribution in [1.29, 1.82) is 0 Å². The molecule has 0 aliphatic rings. The summed E-state index contributed by atoms with van der Waals surface area (Å²) in [7, 11) is 3.32. The average molecular weight is 253 g/mol. The lowest BCUT2D eigenvalue weighted by Gasteiger charge is -2.26. The van der Waals surface area contributed by atoms with E-state index in [1.165, 1.54) is 0 Å². The number of benzene rings is 1. The highest BCUT2D eigenvalue weighted by molar-refractivity contribution is 5.40. The summed E-state index contributed by atoms with van der Waals surface area (Å²) < 4.78 is 10.6. The molecule has 0 fully saturated rings. The van der Waals surface area contributed by atoms with Crippen LogP contribution in [0.25, 0.3) is 0 Å². The summed E-state index contributed by atoms with van der Waals surface area (Å²) in [4.78, 5) is 2.19. The molecule has 0 radical (unpaired) electrons. The van der Waals surface area contributed by atoms with Gasteiger partial charge in [-0.2, -0.15) is 0 Å². The van der Waals surface area contributed by atoms with E-state index in [4.69, 9.17) is 14.6 Å². The molecule has 0 unspecified atom stereocenters. The molecule has 18 heavy (non-hydrogen) atoms. The van der Waals surface area contributed by atoms with Crippen LogP contribution in [-0.2, 0) is 6.54 Å². The summed E-state index contributed by atoms with van der Waals surface area (Å²) in [6.07, 6.45) is 0. The molecule has 0 aliphatic carbocycles. The van der Waals surface area contributed by atoms with Gasteiger partial charge in [0.1, 0.15) is 11.5 Å². The maximum Gasteiger partial charge on any atom is 0.123 e. The minimum Gasteiger partial charge on any atom is -0.497 e. The largest absolute Gasteiger partial charge is 0.497 e. The maximum atomic E-state index is 9.09. The molecule has 0 aliphatic heterocycles. The fourth-order valence-corrected chi connectivity index (χ4v) is 1.87. The van der Waals surface area contributed by atoms with Crippen molar-refractivity contribution in [2.45, 2.75) is 26.4 Å². The van der Waals surface area contributed by atoms with Crippen molar-refractivity contribution in [3.63, 3.8) is 0 Å². The van der Waals surface area contributed by atoms with Gasteiger partial charge in [-0.3, -0.25) is 4.90 Å². The van der Waals surface area contributed by atoms with Gasteiger partial charge in [-0.05, 0) is 32.0 Å². The van der Waals surface area contributed by atoms with E-state index in [-0.39, 0.29) is 6.61 Å². The minimum atomic E-state index is 0.157. The molecule has 0 amide bonds. The Hall–Kier alpha value is -1.26. The fraction of sp³-hybridized carbons (Fsp3) is 0.571. The molecule has 1 aromatic carbocycles. The van der Waals surface area contributed by atoms with Crippen LogP contribution in [0, 0.1) is 0 Å². The Bertz CT molecular complexity index is 366. The minimum absolute atomic E-state index is 0.157. The first kappa shape index (κ1) is 14.8. The summed E-state index contributed by atoms with van der Waals surface area (Å²) in [6.45, 7) is 5.77. The van der Waals surface area contributed by atoms with Gasteiger partial charge in [-0.25, -0.2) is 0 Å². The zero-order chi connectivity index (χ0) is 13.5. The zero-order valence-corrected chi connectivity index (χ0v) is 11.6. The van der Waals surface area contributed by atoms with Crippen molar-refractivity contribution in [3.8, 4) is 11.5 Å². The Morgan fingerprint density at radius 3 is 2.44 bits per heavy atom. The zero-order valence-electron chi connectivity index (χ0n) is 11.6. The lowest BCUT2D eigenvalue weighted by atomic mass is 10.1. The lowest BCUT2D eigenvalue weighted by molar-refractivity contribution is 0.158. The van der Waals surface area contributed by atoms with Crippen LogP contribution in [0.1, 0.15) is 19.4 Å². The number of methoxy groups -OCH3 is 2. The molecule has 0 bridgehead atoms. The molecule has 1 aromatic rings. The summed E-state index contributed by atoms with van der Waals surface area (Å²) in [6, 6.07) is 6.14. The van der Waals surface area contributed by atoms with Gasteiger partial charge in [0.15, 0.2) is 0 Å². The van der Waals surface area contributed by atoms with E-state index in [0.717, 1.165) is 23.6 Å². The van der Waals surface area contributed by atoms with E-state index in [0.29, 0.717) is 12.6 Å². The Labute approximate surface area is 109 Å². The third-order valence-electron chi connectivity index (χ3n) is 2.98. The van der Waals surface area contributed by atoms with Crippen LogP contribution in [0.15, 0.2) is 18.2 Å². The van der Waals surface area contributed by atoms with E-state index in [1.54, 1.807) is 14.2 Å². The summed E-state index contributed by atoms with van der Waals surface area (Å²) in [5.74, 6) is 1.66. The number of hydrogen-bond acceptors (Lipinski definition) is 4. The molecule has 102 valence electrons. The first-order valence-corrected chi connectivity index (χ1v) is 6.18. The second kappa shape index (κ2) is 7.24. The van der Waals surface area contributed by atoms with Gasteiger partial charge >= 0.3 is 0 Å². The smallest absolute Gasteiger partial charge is 0.123 e. The fourth-order valence-electron chi connectivity index (χ4n) is 1.87. The van der Waals surface area contributed by atoms with Gasteiger partial charge in [-0.15, -0.1) is 0 Å². The van der Waals surface area contributed by atoms with Gasteiger partial charge in [0, 0.05) is 24.7 Å². The summed E-state index contributed by atoms with van der Waals surface area (Å²) >= 11 is 0. The first-order valence-electron chi connectivity index (χ1n) is 6.18. The Balaban J connectivity index is 2.91. The number of ether oxygens (including phenoxy) is 2. The van der Waals surface area contributed by atoms with E-state index < -0.39 is 0 Å². The number of hydrogen-bond donors (Lipinski definition) is 1. The standard InChI is InChI=1S/C14H23NO3/c1-11(2)15(7-8-16)10-12-9-13(17-3)5-6-14(12)18-4/h5-6,9,11,16H,7-8,10H2,1-4H3. The number of rotatable bonds is 7.